The largest absolute Gasteiger partial charge is 0.350 e. The molecule has 6 heteroatoms. The van der Waals surface area contributed by atoms with Gasteiger partial charge in [-0.1, -0.05) is 35.9 Å². The van der Waals surface area contributed by atoms with Crippen LogP contribution in [0.25, 0.3) is 0 Å². The highest BCUT2D eigenvalue weighted by Crippen LogP contribution is 2.34. The molecule has 1 aromatic carbocycles. The van der Waals surface area contributed by atoms with E-state index in [2.05, 4.69) is 5.32 Å². The molecule has 3 rings (SSSR count). The van der Waals surface area contributed by atoms with E-state index < -0.39 is 0 Å². The summed E-state index contributed by atoms with van der Waals surface area (Å²) in [5.41, 5.74) is 0.864. The maximum Gasteiger partial charge on any atom is 0.240 e. The minimum Gasteiger partial charge on any atom is -0.350 e. The minimum absolute atomic E-state index is 0.217. The lowest BCUT2D eigenvalue weighted by atomic mass is 9.85. The number of halogens is 1. The van der Waals surface area contributed by atoms with Crippen LogP contribution in [0.4, 0.5) is 0 Å². The predicted molar refractivity (Wildman–Crippen MR) is 85.4 cm³/mol. The Hall–Kier alpha value is -2.14. The molecule has 23 heavy (non-hydrogen) atoms. The van der Waals surface area contributed by atoms with Crippen LogP contribution in [0.5, 0.6) is 0 Å². The van der Waals surface area contributed by atoms with Crippen LogP contribution in [0, 0.1) is 11.8 Å². The number of nitrogens with zero attached hydrogens (tertiary/aromatic N) is 1. The zero-order chi connectivity index (χ0) is 16.4. The molecule has 0 radical (unpaired) electrons. The topological polar surface area (TPSA) is 66.5 Å². The molecule has 2 aliphatic rings. The summed E-state index contributed by atoms with van der Waals surface area (Å²) in [6.07, 6.45) is 5.01. The second-order valence-corrected chi connectivity index (χ2v) is 6.26. The Morgan fingerprint density at radius 2 is 1.83 bits per heavy atom. The van der Waals surface area contributed by atoms with Crippen molar-refractivity contribution in [3.8, 4) is 0 Å². The Morgan fingerprint density at radius 1 is 1.17 bits per heavy atom. The van der Waals surface area contributed by atoms with E-state index in [4.69, 9.17) is 11.6 Å². The van der Waals surface area contributed by atoms with Crippen molar-refractivity contribution >= 4 is 29.3 Å². The van der Waals surface area contributed by atoms with Crippen molar-refractivity contribution < 1.29 is 14.4 Å². The Balaban J connectivity index is 1.58. The first-order chi connectivity index (χ1) is 11.1. The predicted octanol–water partition coefficient (Wildman–Crippen LogP) is 1.91. The quantitative estimate of drug-likeness (QED) is 0.676. The van der Waals surface area contributed by atoms with E-state index in [1.54, 1.807) is 18.2 Å². The van der Waals surface area contributed by atoms with E-state index in [0.29, 0.717) is 24.4 Å². The van der Waals surface area contributed by atoms with Crippen LogP contribution < -0.4 is 5.32 Å². The molecule has 1 N–H and O–H groups in total. The van der Waals surface area contributed by atoms with Crippen LogP contribution in [0.3, 0.4) is 0 Å². The molecule has 1 heterocycles. The minimum atomic E-state index is -0.349. The Labute approximate surface area is 139 Å². The number of hydrogen-bond donors (Lipinski definition) is 1. The molecule has 0 aromatic heterocycles. The monoisotopic (exact) mass is 332 g/mol. The van der Waals surface area contributed by atoms with Crippen LogP contribution >= 0.6 is 11.6 Å². The molecule has 3 amide bonds. The smallest absolute Gasteiger partial charge is 0.240 e. The third-order valence-corrected chi connectivity index (χ3v) is 4.51. The summed E-state index contributed by atoms with van der Waals surface area (Å²) in [6, 6.07) is 7.16. The van der Waals surface area contributed by atoms with Crippen LogP contribution in [-0.4, -0.2) is 29.2 Å². The maximum absolute atomic E-state index is 12.3. The normalized spacial score (nSPS) is 23.1. The number of hydrogen-bond acceptors (Lipinski definition) is 3. The second-order valence-electron chi connectivity index (χ2n) is 5.83. The van der Waals surface area contributed by atoms with Crippen molar-refractivity contribution in [1.82, 2.24) is 10.2 Å². The van der Waals surface area contributed by atoms with Crippen molar-refractivity contribution in [2.45, 2.75) is 19.4 Å². The van der Waals surface area contributed by atoms with Gasteiger partial charge >= 0.3 is 0 Å². The number of fused-ring (bicyclic) bond motifs is 1. The lowest BCUT2D eigenvalue weighted by Gasteiger charge is -2.14. The van der Waals surface area contributed by atoms with E-state index in [9.17, 15) is 14.4 Å². The number of rotatable bonds is 4. The van der Waals surface area contributed by atoms with Crippen LogP contribution in [0.2, 0.25) is 5.02 Å². The molecule has 2 atom stereocenters. The van der Waals surface area contributed by atoms with Crippen molar-refractivity contribution in [3.63, 3.8) is 0 Å². The molecule has 0 spiro atoms. The van der Waals surface area contributed by atoms with Gasteiger partial charge in [0.2, 0.25) is 17.7 Å². The number of benzene rings is 1. The average molecular weight is 333 g/mol. The first-order valence-corrected chi connectivity index (χ1v) is 7.95. The van der Waals surface area contributed by atoms with Crippen molar-refractivity contribution in [2.24, 2.45) is 11.8 Å². The van der Waals surface area contributed by atoms with Gasteiger partial charge < -0.3 is 5.32 Å². The molecule has 1 aromatic rings. The molecule has 0 unspecified atom stereocenters. The van der Waals surface area contributed by atoms with Gasteiger partial charge in [0.05, 0.1) is 11.8 Å². The lowest BCUT2D eigenvalue weighted by molar-refractivity contribution is -0.143. The van der Waals surface area contributed by atoms with Gasteiger partial charge in [-0.25, -0.2) is 0 Å². The van der Waals surface area contributed by atoms with E-state index in [1.807, 2.05) is 18.2 Å². The van der Waals surface area contributed by atoms with Gasteiger partial charge in [0, 0.05) is 11.6 Å². The lowest BCUT2D eigenvalue weighted by Crippen LogP contribution is -2.40. The SMILES string of the molecule is O=C(CN1C(=O)[C@@H]2CC=CC[C@H]2C1=O)NCc1cccc(Cl)c1. The molecule has 1 fully saturated rings. The van der Waals surface area contributed by atoms with E-state index >= 15 is 0 Å². The van der Waals surface area contributed by atoms with Crippen molar-refractivity contribution in [3.05, 3.63) is 47.0 Å². The van der Waals surface area contributed by atoms with E-state index in [1.165, 1.54) is 0 Å². The van der Waals surface area contributed by atoms with Crippen LogP contribution in [0.1, 0.15) is 18.4 Å². The highest BCUT2D eigenvalue weighted by molar-refractivity contribution is 6.30. The number of imide groups is 1. The summed E-state index contributed by atoms with van der Waals surface area (Å²) in [6.45, 7) is 0.0925. The van der Waals surface area contributed by atoms with Gasteiger partial charge in [-0.15, -0.1) is 0 Å². The molecule has 0 saturated carbocycles. The summed E-state index contributed by atoms with van der Waals surface area (Å²) in [7, 11) is 0. The molecule has 5 nitrogen and oxygen atoms in total. The Bertz CT molecular complexity index is 660. The molecule has 1 aliphatic heterocycles. The highest BCUT2D eigenvalue weighted by atomic mass is 35.5. The fourth-order valence-corrected chi connectivity index (χ4v) is 3.28. The fraction of sp³-hybridized carbons (Fsp3) is 0.353. The molecule has 1 aliphatic carbocycles. The summed E-state index contributed by atoms with van der Waals surface area (Å²) in [4.78, 5) is 37.7. The number of allylic oxidation sites excluding steroid dienone is 2. The average Bonchev–Trinajstić information content (AvgIpc) is 2.79. The van der Waals surface area contributed by atoms with Crippen LogP contribution in [-0.2, 0) is 20.9 Å². The fourth-order valence-electron chi connectivity index (χ4n) is 3.07. The van der Waals surface area contributed by atoms with Gasteiger partial charge in [-0.2, -0.15) is 0 Å². The molecule has 1 saturated heterocycles. The Morgan fingerprint density at radius 3 is 2.43 bits per heavy atom. The molecule has 120 valence electrons. The van der Waals surface area contributed by atoms with Crippen molar-refractivity contribution in [1.29, 1.82) is 0 Å². The van der Waals surface area contributed by atoms with Crippen molar-refractivity contribution in [2.75, 3.05) is 6.54 Å². The molecule has 0 bridgehead atoms. The summed E-state index contributed by atoms with van der Waals surface area (Å²) >= 11 is 5.89. The summed E-state index contributed by atoms with van der Waals surface area (Å²) < 4.78 is 0. The Kier molecular flexibility index (Phi) is 4.48. The molecular weight excluding hydrogens is 316 g/mol. The van der Waals surface area contributed by atoms with E-state index in [-0.39, 0.29) is 36.1 Å². The zero-order valence-electron chi connectivity index (χ0n) is 12.5. The first kappa shape index (κ1) is 15.7. The van der Waals surface area contributed by atoms with Gasteiger partial charge in [0.25, 0.3) is 0 Å². The first-order valence-electron chi connectivity index (χ1n) is 7.57. The van der Waals surface area contributed by atoms with Gasteiger partial charge in [-0.05, 0) is 30.5 Å². The number of amides is 3. The third kappa shape index (κ3) is 3.29. The van der Waals surface area contributed by atoms with E-state index in [0.717, 1.165) is 10.5 Å². The van der Waals surface area contributed by atoms with Gasteiger partial charge in [-0.3, -0.25) is 19.3 Å². The molecular formula is C17H17ClN2O3. The highest BCUT2D eigenvalue weighted by Gasteiger charge is 2.47. The second kappa shape index (κ2) is 6.54. The number of nitrogens with one attached hydrogen (secondary N) is 1. The zero-order valence-corrected chi connectivity index (χ0v) is 13.3. The third-order valence-electron chi connectivity index (χ3n) is 4.28. The number of likely N-dealkylation sites (tertiary alicyclic amines) is 1. The number of carbonyl (C=O) groups excluding carboxylic acids is 3. The number of carbonyl (C=O) groups is 3. The van der Waals surface area contributed by atoms with Gasteiger partial charge in [0.15, 0.2) is 0 Å². The standard InChI is InChI=1S/C17H17ClN2O3/c18-12-5-3-4-11(8-12)9-19-15(21)10-20-16(22)13-6-1-2-7-14(13)17(20)23/h1-5,8,13-14H,6-7,9-10H2,(H,19,21)/t13-,14-/m1/s1. The summed E-state index contributed by atoms with van der Waals surface area (Å²) in [5.74, 6) is -1.41. The van der Waals surface area contributed by atoms with Gasteiger partial charge in [0.1, 0.15) is 6.54 Å². The maximum atomic E-state index is 12.3. The summed E-state index contributed by atoms with van der Waals surface area (Å²) in [5, 5.41) is 3.31. The van der Waals surface area contributed by atoms with Crippen LogP contribution in [0.15, 0.2) is 36.4 Å².